The number of nitrogens with zero attached hydrogens (tertiary/aromatic N) is 1. The number of hydrogen-bond acceptors (Lipinski definition) is 5. The molecule has 1 aromatic carbocycles. The largest absolute Gasteiger partial charge is 0.447 e. The Hall–Kier alpha value is -1.73. The number of rotatable bonds is 6. The fourth-order valence-electron chi connectivity index (χ4n) is 1.63. The van der Waals surface area contributed by atoms with Gasteiger partial charge in [-0.15, -0.1) is 11.8 Å². The number of aromatic nitrogens is 2. The number of imidazole rings is 1. The quantitative estimate of drug-likeness (QED) is 0.713. The van der Waals surface area contributed by atoms with Crippen LogP contribution < -0.4 is 5.32 Å². The fraction of sp³-hybridized carbons (Fsp3) is 0.385. The zero-order valence-electron chi connectivity index (χ0n) is 11.2. The van der Waals surface area contributed by atoms with E-state index in [2.05, 4.69) is 22.2 Å². The summed E-state index contributed by atoms with van der Waals surface area (Å²) in [6, 6.07) is 5.93. The summed E-state index contributed by atoms with van der Waals surface area (Å²) in [5.74, 6) is 1.40. The Labute approximate surface area is 120 Å². The van der Waals surface area contributed by atoms with Crippen molar-refractivity contribution < 1.29 is 14.6 Å². The van der Waals surface area contributed by atoms with Crippen LogP contribution in [0.1, 0.15) is 13.3 Å². The third kappa shape index (κ3) is 3.88. The average Bonchev–Trinajstić information content (AvgIpc) is 2.84. The molecule has 0 saturated carbocycles. The molecular formula is C13H17N3O3S. The van der Waals surface area contributed by atoms with Crippen molar-refractivity contribution in [2.24, 2.45) is 0 Å². The molecule has 0 bridgehead atoms. The number of nitrogens with one attached hydrogen (secondary N) is 2. The molecule has 108 valence electrons. The molecule has 0 unspecified atom stereocenters. The van der Waals surface area contributed by atoms with Crippen molar-refractivity contribution in [3.63, 3.8) is 0 Å². The first kappa shape index (κ1) is 14.7. The number of carbonyl (C=O) groups excluding carboxylic acids is 1. The smallest absolute Gasteiger partial charge is 0.414 e. The van der Waals surface area contributed by atoms with Crippen molar-refractivity contribution in [1.82, 2.24) is 9.97 Å². The molecule has 0 saturated heterocycles. The highest BCUT2D eigenvalue weighted by atomic mass is 32.2. The highest BCUT2D eigenvalue weighted by Gasteiger charge is 2.08. The number of ether oxygens (including phenoxy) is 1. The number of benzene rings is 1. The van der Waals surface area contributed by atoms with Gasteiger partial charge in [0.25, 0.3) is 0 Å². The van der Waals surface area contributed by atoms with E-state index in [1.54, 1.807) is 11.8 Å². The lowest BCUT2D eigenvalue weighted by atomic mass is 10.3. The molecule has 0 aliphatic carbocycles. The SMILES string of the molecule is CCCSc1ccc2nc(NC(=O)OCCO)[nH]c2c1. The van der Waals surface area contributed by atoms with Crippen molar-refractivity contribution in [3.05, 3.63) is 18.2 Å². The molecule has 0 radical (unpaired) electrons. The molecular weight excluding hydrogens is 278 g/mol. The fourth-order valence-corrected chi connectivity index (χ4v) is 2.43. The van der Waals surface area contributed by atoms with Gasteiger partial charge >= 0.3 is 6.09 Å². The number of hydrogen-bond donors (Lipinski definition) is 3. The van der Waals surface area contributed by atoms with Crippen LogP contribution in [0.15, 0.2) is 23.1 Å². The van der Waals surface area contributed by atoms with Crippen LogP contribution in [0.3, 0.4) is 0 Å². The molecule has 0 fully saturated rings. The van der Waals surface area contributed by atoms with Gasteiger partial charge in [0.1, 0.15) is 6.61 Å². The Morgan fingerprint density at radius 1 is 1.55 bits per heavy atom. The van der Waals surface area contributed by atoms with Crippen LogP contribution in [0.2, 0.25) is 0 Å². The molecule has 3 N–H and O–H groups in total. The molecule has 0 spiro atoms. The van der Waals surface area contributed by atoms with Gasteiger partial charge in [-0.3, -0.25) is 5.32 Å². The van der Waals surface area contributed by atoms with Gasteiger partial charge in [-0.1, -0.05) is 6.92 Å². The number of aliphatic hydroxyl groups is 1. The lowest BCUT2D eigenvalue weighted by molar-refractivity contribution is 0.131. The summed E-state index contributed by atoms with van der Waals surface area (Å²) in [6.07, 6.45) is 0.480. The molecule has 1 amide bonds. The first-order valence-corrected chi connectivity index (χ1v) is 7.38. The van der Waals surface area contributed by atoms with E-state index in [9.17, 15) is 4.79 Å². The standard InChI is InChI=1S/C13H17N3O3S/c1-2-7-20-9-3-4-10-11(8-9)15-12(14-10)16-13(18)19-6-5-17/h3-4,8,17H,2,5-7H2,1H3,(H2,14,15,16,18). The first-order valence-electron chi connectivity index (χ1n) is 6.40. The van der Waals surface area contributed by atoms with Crippen molar-refractivity contribution in [3.8, 4) is 0 Å². The first-order chi connectivity index (χ1) is 9.72. The molecule has 0 aliphatic heterocycles. The number of amides is 1. The van der Waals surface area contributed by atoms with Crippen LogP contribution in [-0.2, 0) is 4.74 Å². The molecule has 20 heavy (non-hydrogen) atoms. The van der Waals surface area contributed by atoms with E-state index < -0.39 is 6.09 Å². The number of thioether (sulfide) groups is 1. The van der Waals surface area contributed by atoms with Gasteiger partial charge in [0.2, 0.25) is 5.95 Å². The molecule has 1 aromatic heterocycles. The van der Waals surface area contributed by atoms with E-state index in [0.29, 0.717) is 5.95 Å². The van der Waals surface area contributed by atoms with Crippen LogP contribution >= 0.6 is 11.8 Å². The maximum atomic E-state index is 11.3. The highest BCUT2D eigenvalue weighted by Crippen LogP contribution is 2.23. The lowest BCUT2D eigenvalue weighted by Crippen LogP contribution is -2.16. The van der Waals surface area contributed by atoms with Crippen molar-refractivity contribution >= 4 is 34.8 Å². The summed E-state index contributed by atoms with van der Waals surface area (Å²) in [5.41, 5.74) is 1.65. The minimum Gasteiger partial charge on any atom is -0.447 e. The number of aromatic amines is 1. The number of H-pyrrole nitrogens is 1. The van der Waals surface area contributed by atoms with Gasteiger partial charge in [0.05, 0.1) is 17.6 Å². The van der Waals surface area contributed by atoms with Crippen molar-refractivity contribution in [2.45, 2.75) is 18.2 Å². The van der Waals surface area contributed by atoms with Crippen LogP contribution in [0.4, 0.5) is 10.7 Å². The van der Waals surface area contributed by atoms with E-state index >= 15 is 0 Å². The maximum Gasteiger partial charge on any atom is 0.414 e. The highest BCUT2D eigenvalue weighted by molar-refractivity contribution is 7.99. The predicted octanol–water partition coefficient (Wildman–Crippen LogP) is 2.61. The Bertz CT molecular complexity index is 585. The number of aliphatic hydroxyl groups excluding tert-OH is 1. The van der Waals surface area contributed by atoms with E-state index in [1.807, 2.05) is 18.2 Å². The number of anilines is 1. The van der Waals surface area contributed by atoms with E-state index in [0.717, 1.165) is 28.1 Å². The molecule has 7 heteroatoms. The predicted molar refractivity (Wildman–Crippen MR) is 79.2 cm³/mol. The summed E-state index contributed by atoms with van der Waals surface area (Å²) in [6.45, 7) is 1.90. The van der Waals surface area contributed by atoms with Gasteiger partial charge in [-0.05, 0) is 30.4 Å². The van der Waals surface area contributed by atoms with Crippen LogP contribution in [0, 0.1) is 0 Å². The topological polar surface area (TPSA) is 87.2 Å². The monoisotopic (exact) mass is 295 g/mol. The van der Waals surface area contributed by atoms with Gasteiger partial charge in [0, 0.05) is 4.90 Å². The maximum absolute atomic E-state index is 11.3. The van der Waals surface area contributed by atoms with Gasteiger partial charge < -0.3 is 14.8 Å². The van der Waals surface area contributed by atoms with Crippen molar-refractivity contribution in [1.29, 1.82) is 0 Å². The second-order valence-corrected chi connectivity index (χ2v) is 5.27. The molecule has 1 heterocycles. The Kier molecular flexibility index (Phi) is 5.25. The Morgan fingerprint density at radius 3 is 3.15 bits per heavy atom. The van der Waals surface area contributed by atoms with Crippen LogP contribution in [0.25, 0.3) is 11.0 Å². The second kappa shape index (κ2) is 7.16. The van der Waals surface area contributed by atoms with Crippen LogP contribution in [-0.4, -0.2) is 40.1 Å². The average molecular weight is 295 g/mol. The number of carbonyl (C=O) groups is 1. The number of fused-ring (bicyclic) bond motifs is 1. The third-order valence-electron chi connectivity index (χ3n) is 2.47. The normalized spacial score (nSPS) is 10.7. The van der Waals surface area contributed by atoms with E-state index in [-0.39, 0.29) is 13.2 Å². The third-order valence-corrected chi connectivity index (χ3v) is 3.67. The van der Waals surface area contributed by atoms with Gasteiger partial charge in [-0.25, -0.2) is 9.78 Å². The second-order valence-electron chi connectivity index (χ2n) is 4.10. The van der Waals surface area contributed by atoms with Gasteiger partial charge in [-0.2, -0.15) is 0 Å². The summed E-state index contributed by atoms with van der Waals surface area (Å²) >= 11 is 1.78. The Balaban J connectivity index is 2.06. The molecule has 2 aromatic rings. The summed E-state index contributed by atoms with van der Waals surface area (Å²) < 4.78 is 4.70. The van der Waals surface area contributed by atoms with Crippen LogP contribution in [0.5, 0.6) is 0 Å². The zero-order chi connectivity index (χ0) is 14.4. The summed E-state index contributed by atoms with van der Waals surface area (Å²) in [5, 5.41) is 11.0. The molecule has 0 aliphatic rings. The van der Waals surface area contributed by atoms with E-state index in [4.69, 9.17) is 9.84 Å². The minimum atomic E-state index is -0.640. The molecule has 2 rings (SSSR count). The summed E-state index contributed by atoms with van der Waals surface area (Å²) in [4.78, 5) is 19.8. The zero-order valence-corrected chi connectivity index (χ0v) is 12.0. The minimum absolute atomic E-state index is 0.0378. The van der Waals surface area contributed by atoms with Crippen molar-refractivity contribution in [2.75, 3.05) is 24.3 Å². The lowest BCUT2D eigenvalue weighted by Gasteiger charge is -2.01. The Morgan fingerprint density at radius 2 is 2.40 bits per heavy atom. The summed E-state index contributed by atoms with van der Waals surface area (Å²) in [7, 11) is 0. The molecule has 0 atom stereocenters. The molecule has 6 nitrogen and oxygen atoms in total. The van der Waals surface area contributed by atoms with Gasteiger partial charge in [0.15, 0.2) is 0 Å². The van der Waals surface area contributed by atoms with E-state index in [1.165, 1.54) is 0 Å².